The van der Waals surface area contributed by atoms with Gasteiger partial charge in [-0.05, 0) is 59.0 Å². The third kappa shape index (κ3) is 12.8. The van der Waals surface area contributed by atoms with Gasteiger partial charge in [-0.2, -0.15) is 11.8 Å². The Morgan fingerprint density at radius 1 is 0.917 bits per heavy atom. The molecule has 0 aromatic carbocycles. The second-order valence-corrected chi connectivity index (χ2v) is 11.2. The highest BCUT2D eigenvalue weighted by Gasteiger charge is 2.42. The fourth-order valence-electron chi connectivity index (χ4n) is 4.39. The highest BCUT2D eigenvalue weighted by Crippen LogP contribution is 2.33. The molecule has 11 heteroatoms. The van der Waals surface area contributed by atoms with Crippen LogP contribution in [0.4, 0.5) is 4.79 Å². The molecule has 206 valence electrons. The normalized spacial score (nSPS) is 20.5. The lowest BCUT2D eigenvalue weighted by Gasteiger charge is -2.16. The molecule has 0 unspecified atom stereocenters. The molecule has 2 aliphatic rings. The molecule has 0 spiro atoms. The average molecular weight is 528 g/mol. The van der Waals surface area contributed by atoms with Crippen molar-refractivity contribution in [3.05, 3.63) is 0 Å². The molecule has 2 rings (SSSR count). The fraction of sp³-hybridized carbons (Fsp3) is 0.840. The lowest BCUT2D eigenvalue weighted by atomic mass is 10.0. The summed E-state index contributed by atoms with van der Waals surface area (Å²) < 4.78 is 5.13. The largest absolute Gasteiger partial charge is 0.465 e. The molecule has 0 saturated carbocycles. The monoisotopic (exact) mass is 527 g/mol. The minimum Gasteiger partial charge on any atom is -0.465 e. The number of thioether (sulfide) groups is 1. The van der Waals surface area contributed by atoms with Crippen LogP contribution in [0.25, 0.3) is 0 Å². The van der Waals surface area contributed by atoms with Crippen molar-refractivity contribution in [1.29, 1.82) is 0 Å². The summed E-state index contributed by atoms with van der Waals surface area (Å²) in [5, 5.41) is 12.3. The van der Waals surface area contributed by atoms with E-state index in [9.17, 15) is 19.2 Å². The molecular formula is C25H45N5O5S. The van der Waals surface area contributed by atoms with Crippen LogP contribution in [-0.4, -0.2) is 92.1 Å². The van der Waals surface area contributed by atoms with Crippen molar-refractivity contribution < 1.29 is 23.9 Å². The molecule has 4 amide bonds. The maximum Gasteiger partial charge on any atom is 0.320 e. The number of hydrogen-bond acceptors (Lipinski definition) is 7. The Balaban J connectivity index is 1.32. The van der Waals surface area contributed by atoms with Crippen molar-refractivity contribution >= 4 is 35.6 Å². The van der Waals surface area contributed by atoms with Crippen LogP contribution in [0.5, 0.6) is 0 Å². The number of urea groups is 1. The summed E-state index contributed by atoms with van der Waals surface area (Å²) in [4.78, 5) is 48.5. The zero-order chi connectivity index (χ0) is 26.2. The Morgan fingerprint density at radius 2 is 1.56 bits per heavy atom. The Morgan fingerprint density at radius 3 is 2.22 bits per heavy atom. The Kier molecular flexibility index (Phi) is 14.6. The van der Waals surface area contributed by atoms with Crippen LogP contribution in [0.3, 0.4) is 0 Å². The van der Waals surface area contributed by atoms with Crippen LogP contribution in [0.2, 0.25) is 0 Å². The van der Waals surface area contributed by atoms with Crippen LogP contribution in [0.15, 0.2) is 0 Å². The third-order valence-corrected chi connectivity index (χ3v) is 7.84. The molecule has 0 aromatic rings. The highest BCUT2D eigenvalue weighted by molar-refractivity contribution is 8.00. The van der Waals surface area contributed by atoms with Gasteiger partial charge in [-0.25, -0.2) is 4.79 Å². The van der Waals surface area contributed by atoms with E-state index in [1.807, 2.05) is 25.9 Å². The predicted molar refractivity (Wildman–Crippen MR) is 142 cm³/mol. The van der Waals surface area contributed by atoms with Crippen molar-refractivity contribution in [1.82, 2.24) is 26.2 Å². The maximum absolute atomic E-state index is 12.0. The number of amides is 4. The average Bonchev–Trinajstić information content (AvgIpc) is 3.37. The summed E-state index contributed by atoms with van der Waals surface area (Å²) in [6, 6.07) is 0.429. The van der Waals surface area contributed by atoms with E-state index >= 15 is 0 Å². The SMILES string of the molecule is CN(C)CC(=O)OCCCCCNC(=O)CCCCCNC(=O)CCCC[C@@H]1SC[C@@H]2NC(=O)N[C@@H]21. The van der Waals surface area contributed by atoms with Gasteiger partial charge >= 0.3 is 12.0 Å². The molecule has 10 nitrogen and oxygen atoms in total. The molecule has 36 heavy (non-hydrogen) atoms. The van der Waals surface area contributed by atoms with E-state index in [2.05, 4.69) is 21.3 Å². The second-order valence-electron chi connectivity index (χ2n) is 9.90. The van der Waals surface area contributed by atoms with Crippen LogP contribution in [-0.2, 0) is 19.1 Å². The molecule has 0 bridgehead atoms. The van der Waals surface area contributed by atoms with Gasteiger partial charge in [0.2, 0.25) is 11.8 Å². The molecule has 0 aromatic heterocycles. The number of carbonyl (C=O) groups excluding carboxylic acids is 4. The molecule has 4 N–H and O–H groups in total. The van der Waals surface area contributed by atoms with Gasteiger partial charge in [0.15, 0.2) is 0 Å². The number of ether oxygens (including phenoxy) is 1. The molecule has 2 heterocycles. The van der Waals surface area contributed by atoms with Gasteiger partial charge in [-0.3, -0.25) is 19.3 Å². The van der Waals surface area contributed by atoms with E-state index < -0.39 is 0 Å². The van der Waals surface area contributed by atoms with Gasteiger partial charge in [0.25, 0.3) is 0 Å². The van der Waals surface area contributed by atoms with Gasteiger partial charge in [0.1, 0.15) is 0 Å². The van der Waals surface area contributed by atoms with E-state index in [0.29, 0.717) is 44.3 Å². The lowest BCUT2D eigenvalue weighted by Crippen LogP contribution is -2.36. The number of nitrogens with one attached hydrogen (secondary N) is 4. The van der Waals surface area contributed by atoms with Gasteiger partial charge < -0.3 is 26.0 Å². The second kappa shape index (κ2) is 17.4. The number of rotatable bonds is 19. The maximum atomic E-state index is 12.0. The molecule has 2 fully saturated rings. The third-order valence-electron chi connectivity index (χ3n) is 6.34. The molecule has 0 radical (unpaired) electrons. The molecule has 0 aliphatic carbocycles. The minimum atomic E-state index is -0.208. The quantitative estimate of drug-likeness (QED) is 0.114. The van der Waals surface area contributed by atoms with Gasteiger partial charge in [0, 0.05) is 36.9 Å². The summed E-state index contributed by atoms with van der Waals surface area (Å²) >= 11 is 1.91. The van der Waals surface area contributed by atoms with Crippen molar-refractivity contribution in [3.8, 4) is 0 Å². The van der Waals surface area contributed by atoms with Crippen molar-refractivity contribution in [2.45, 2.75) is 88.0 Å². The molecule has 2 saturated heterocycles. The highest BCUT2D eigenvalue weighted by atomic mass is 32.2. The summed E-state index contributed by atoms with van der Waals surface area (Å²) in [6.07, 6.45) is 9.11. The first-order chi connectivity index (χ1) is 17.3. The minimum absolute atomic E-state index is 0.0563. The Labute approximate surface area is 219 Å². The number of hydrogen-bond donors (Lipinski definition) is 4. The van der Waals surface area contributed by atoms with Crippen molar-refractivity contribution in [2.24, 2.45) is 0 Å². The zero-order valence-electron chi connectivity index (χ0n) is 21.9. The number of fused-ring (bicyclic) bond motifs is 1. The molecule has 2 aliphatic heterocycles. The summed E-state index contributed by atoms with van der Waals surface area (Å²) in [5.41, 5.74) is 0. The van der Waals surface area contributed by atoms with Crippen LogP contribution >= 0.6 is 11.8 Å². The first-order valence-corrected chi connectivity index (χ1v) is 14.4. The smallest absolute Gasteiger partial charge is 0.320 e. The van der Waals surface area contributed by atoms with E-state index in [-0.39, 0.29) is 35.9 Å². The van der Waals surface area contributed by atoms with Crippen molar-refractivity contribution in [3.63, 3.8) is 0 Å². The zero-order valence-corrected chi connectivity index (χ0v) is 22.8. The summed E-state index contributed by atoms with van der Waals surface area (Å²) in [5.74, 6) is 0.914. The standard InChI is InChI=1S/C25H45N5O5S/c1-30(2)17-23(33)35-16-10-4-9-15-27-21(31)12-5-3-8-14-26-22(32)13-7-6-11-20-24-19(18-36-20)28-25(34)29-24/h19-20,24H,3-18H2,1-2H3,(H,26,32)(H,27,31)(H2,28,29,34)/t19-,20-,24-/m0/s1. The molecule has 3 atom stereocenters. The number of esters is 1. The summed E-state index contributed by atoms with van der Waals surface area (Å²) in [6.45, 7) is 2.02. The summed E-state index contributed by atoms with van der Waals surface area (Å²) in [7, 11) is 3.66. The number of carbonyl (C=O) groups is 4. The molecular weight excluding hydrogens is 482 g/mol. The van der Waals surface area contributed by atoms with E-state index in [4.69, 9.17) is 4.74 Å². The van der Waals surface area contributed by atoms with Crippen LogP contribution in [0.1, 0.15) is 70.6 Å². The first-order valence-electron chi connectivity index (χ1n) is 13.4. The van der Waals surface area contributed by atoms with E-state index in [0.717, 1.165) is 63.5 Å². The van der Waals surface area contributed by atoms with E-state index in [1.54, 1.807) is 4.90 Å². The van der Waals surface area contributed by atoms with Crippen LogP contribution in [0, 0.1) is 0 Å². The topological polar surface area (TPSA) is 129 Å². The van der Waals surface area contributed by atoms with Gasteiger partial charge in [-0.15, -0.1) is 0 Å². The Bertz CT molecular complexity index is 708. The predicted octanol–water partition coefficient (Wildman–Crippen LogP) is 1.78. The Hall–Kier alpha value is -2.01. The van der Waals surface area contributed by atoms with Gasteiger partial charge in [-0.1, -0.05) is 12.8 Å². The number of nitrogens with zero attached hydrogens (tertiary/aromatic N) is 1. The van der Waals surface area contributed by atoms with Crippen molar-refractivity contribution in [2.75, 3.05) is 46.1 Å². The van der Waals surface area contributed by atoms with Crippen LogP contribution < -0.4 is 21.3 Å². The van der Waals surface area contributed by atoms with E-state index in [1.165, 1.54) is 0 Å². The first kappa shape index (κ1) is 30.2. The van der Waals surface area contributed by atoms with Gasteiger partial charge in [0.05, 0.1) is 25.2 Å². The number of unbranched alkanes of at least 4 members (excludes halogenated alkanes) is 5. The number of likely N-dealkylation sites (N-methyl/N-ethyl adjacent to an activating group) is 1. The fourth-order valence-corrected chi connectivity index (χ4v) is 5.93. The lowest BCUT2D eigenvalue weighted by molar-refractivity contribution is -0.144.